The zero-order chi connectivity index (χ0) is 10.0. The molecule has 0 aliphatic carbocycles. The van der Waals surface area contributed by atoms with E-state index in [0.717, 1.165) is 5.56 Å². The lowest BCUT2D eigenvalue weighted by molar-refractivity contribution is -0.384. The predicted octanol–water partition coefficient (Wildman–Crippen LogP) is 2.57. The number of halogens is 1. The second-order valence-corrected chi connectivity index (χ2v) is 2.94. The summed E-state index contributed by atoms with van der Waals surface area (Å²) in [6.07, 6.45) is 0. The van der Waals surface area contributed by atoms with E-state index in [9.17, 15) is 10.1 Å². The van der Waals surface area contributed by atoms with E-state index in [-0.39, 0.29) is 10.7 Å². The van der Waals surface area contributed by atoms with Crippen LogP contribution in [-0.4, -0.2) is 12.0 Å². The van der Waals surface area contributed by atoms with Gasteiger partial charge in [0.2, 0.25) is 0 Å². The second kappa shape index (κ2) is 3.62. The van der Waals surface area contributed by atoms with Crippen molar-refractivity contribution in [2.45, 2.75) is 6.92 Å². The zero-order valence-electron chi connectivity index (χ0n) is 7.20. The Morgan fingerprint density at radius 3 is 2.62 bits per heavy atom. The van der Waals surface area contributed by atoms with Crippen molar-refractivity contribution in [1.82, 2.24) is 0 Å². The Balaban J connectivity index is 3.35. The van der Waals surface area contributed by atoms with Crippen molar-refractivity contribution in [3.8, 4) is 5.75 Å². The molecule has 1 rings (SSSR count). The Bertz CT molecular complexity index is 351. The quantitative estimate of drug-likeness (QED) is 0.546. The number of methoxy groups -OCH3 is 1. The Morgan fingerprint density at radius 2 is 2.15 bits per heavy atom. The highest BCUT2D eigenvalue weighted by molar-refractivity contribution is 6.34. The van der Waals surface area contributed by atoms with Gasteiger partial charge in [-0.05, 0) is 18.6 Å². The average Bonchev–Trinajstić information content (AvgIpc) is 2.08. The molecule has 5 heteroatoms. The molecule has 0 aromatic heterocycles. The van der Waals surface area contributed by atoms with E-state index in [0.29, 0.717) is 5.75 Å². The largest absolute Gasteiger partial charge is 0.495 e. The monoisotopic (exact) mass is 201 g/mol. The van der Waals surface area contributed by atoms with Crippen LogP contribution in [0.3, 0.4) is 0 Å². The molecule has 0 N–H and O–H groups in total. The molecule has 0 aliphatic rings. The second-order valence-electron chi connectivity index (χ2n) is 2.56. The number of hydrogen-bond acceptors (Lipinski definition) is 3. The molecule has 0 fully saturated rings. The molecule has 13 heavy (non-hydrogen) atoms. The van der Waals surface area contributed by atoms with Gasteiger partial charge in [0, 0.05) is 6.07 Å². The highest BCUT2D eigenvalue weighted by atomic mass is 35.5. The van der Waals surface area contributed by atoms with Crippen molar-refractivity contribution in [1.29, 1.82) is 0 Å². The number of aryl methyl sites for hydroxylation is 1. The first-order valence-corrected chi connectivity index (χ1v) is 3.92. The van der Waals surface area contributed by atoms with Crippen molar-refractivity contribution in [2.75, 3.05) is 7.11 Å². The normalized spacial score (nSPS) is 9.77. The van der Waals surface area contributed by atoms with Crippen LogP contribution in [0.2, 0.25) is 5.02 Å². The molecule has 0 aliphatic heterocycles. The number of benzene rings is 1. The molecule has 0 radical (unpaired) electrons. The van der Waals surface area contributed by atoms with Gasteiger partial charge in [-0.3, -0.25) is 10.1 Å². The van der Waals surface area contributed by atoms with Crippen molar-refractivity contribution < 1.29 is 9.66 Å². The summed E-state index contributed by atoms with van der Waals surface area (Å²) in [6, 6.07) is 3.06. The standard InChI is InChI=1S/C8H8ClNO3/c1-5-3-6(10(11)12)8(9)7(4-5)13-2/h3-4H,1-2H3. The van der Waals surface area contributed by atoms with Crippen LogP contribution in [0.1, 0.15) is 5.56 Å². The minimum Gasteiger partial charge on any atom is -0.495 e. The van der Waals surface area contributed by atoms with Gasteiger partial charge >= 0.3 is 0 Å². The maximum Gasteiger partial charge on any atom is 0.291 e. The molecule has 0 bridgehead atoms. The van der Waals surface area contributed by atoms with Gasteiger partial charge in [0.1, 0.15) is 5.75 Å². The number of nitrogens with zero attached hydrogens (tertiary/aromatic N) is 1. The van der Waals surface area contributed by atoms with E-state index < -0.39 is 4.92 Å². The molecular formula is C8H8ClNO3. The topological polar surface area (TPSA) is 52.4 Å². The van der Waals surface area contributed by atoms with Gasteiger partial charge in [-0.15, -0.1) is 0 Å². The smallest absolute Gasteiger partial charge is 0.291 e. The molecule has 0 saturated heterocycles. The number of rotatable bonds is 2. The highest BCUT2D eigenvalue weighted by Crippen LogP contribution is 2.34. The summed E-state index contributed by atoms with van der Waals surface area (Å²) in [4.78, 5) is 9.98. The molecular weight excluding hydrogens is 194 g/mol. The molecule has 0 saturated carbocycles. The molecule has 0 spiro atoms. The first-order chi connectivity index (χ1) is 6.06. The highest BCUT2D eigenvalue weighted by Gasteiger charge is 2.17. The van der Waals surface area contributed by atoms with E-state index in [1.165, 1.54) is 13.2 Å². The molecule has 4 nitrogen and oxygen atoms in total. The van der Waals surface area contributed by atoms with Crippen LogP contribution in [0.4, 0.5) is 5.69 Å². The number of nitro groups is 1. The van der Waals surface area contributed by atoms with E-state index in [1.54, 1.807) is 13.0 Å². The molecule has 1 aromatic rings. The first kappa shape index (κ1) is 9.80. The van der Waals surface area contributed by atoms with Crippen LogP contribution in [0.25, 0.3) is 0 Å². The van der Waals surface area contributed by atoms with E-state index in [4.69, 9.17) is 16.3 Å². The number of ether oxygens (including phenoxy) is 1. The van der Waals surface area contributed by atoms with Crippen molar-refractivity contribution in [3.05, 3.63) is 32.8 Å². The van der Waals surface area contributed by atoms with Crippen LogP contribution in [0, 0.1) is 17.0 Å². The van der Waals surface area contributed by atoms with Crippen molar-refractivity contribution in [2.24, 2.45) is 0 Å². The summed E-state index contributed by atoms with van der Waals surface area (Å²) in [5.41, 5.74) is 0.617. The molecule has 0 amide bonds. The fraction of sp³-hybridized carbons (Fsp3) is 0.250. The summed E-state index contributed by atoms with van der Waals surface area (Å²) < 4.78 is 4.88. The molecule has 0 atom stereocenters. The number of hydrogen-bond donors (Lipinski definition) is 0. The maximum atomic E-state index is 10.5. The SMILES string of the molecule is COc1cc(C)cc([N+](=O)[O-])c1Cl. The summed E-state index contributed by atoms with van der Waals surface area (Å²) in [7, 11) is 1.42. The molecule has 70 valence electrons. The van der Waals surface area contributed by atoms with Gasteiger partial charge < -0.3 is 4.74 Å². The Hall–Kier alpha value is -1.29. The minimum absolute atomic E-state index is 0.0399. The van der Waals surface area contributed by atoms with Gasteiger partial charge in [0.05, 0.1) is 12.0 Å². The van der Waals surface area contributed by atoms with Gasteiger partial charge in [-0.1, -0.05) is 11.6 Å². The predicted molar refractivity (Wildman–Crippen MR) is 49.4 cm³/mol. The molecule has 0 heterocycles. The Labute approximate surface area is 80.2 Å². The van der Waals surface area contributed by atoms with Crippen molar-refractivity contribution in [3.63, 3.8) is 0 Å². The van der Waals surface area contributed by atoms with Crippen LogP contribution in [-0.2, 0) is 0 Å². The third-order valence-corrected chi connectivity index (χ3v) is 1.96. The Morgan fingerprint density at radius 1 is 1.54 bits per heavy atom. The number of nitro benzene ring substituents is 1. The summed E-state index contributed by atoms with van der Waals surface area (Å²) in [5.74, 6) is 0.327. The van der Waals surface area contributed by atoms with E-state index in [2.05, 4.69) is 0 Å². The van der Waals surface area contributed by atoms with E-state index >= 15 is 0 Å². The average molecular weight is 202 g/mol. The lowest BCUT2D eigenvalue weighted by atomic mass is 10.2. The molecule has 0 unspecified atom stereocenters. The zero-order valence-corrected chi connectivity index (χ0v) is 7.96. The van der Waals surface area contributed by atoms with E-state index in [1.807, 2.05) is 0 Å². The van der Waals surface area contributed by atoms with Crippen molar-refractivity contribution >= 4 is 17.3 Å². The fourth-order valence-corrected chi connectivity index (χ4v) is 1.25. The van der Waals surface area contributed by atoms with Gasteiger partial charge in [-0.2, -0.15) is 0 Å². The lowest BCUT2D eigenvalue weighted by Crippen LogP contribution is -1.93. The summed E-state index contributed by atoms with van der Waals surface area (Å²) in [5, 5.41) is 10.5. The minimum atomic E-state index is -0.530. The van der Waals surface area contributed by atoms with Crippen LogP contribution < -0.4 is 4.74 Å². The van der Waals surface area contributed by atoms with Gasteiger partial charge in [0.15, 0.2) is 5.02 Å². The summed E-state index contributed by atoms with van der Waals surface area (Å²) in [6.45, 7) is 1.74. The van der Waals surface area contributed by atoms with Gasteiger partial charge in [-0.25, -0.2) is 0 Å². The lowest BCUT2D eigenvalue weighted by Gasteiger charge is -2.04. The first-order valence-electron chi connectivity index (χ1n) is 3.54. The van der Waals surface area contributed by atoms with Crippen LogP contribution >= 0.6 is 11.6 Å². The molecule has 1 aromatic carbocycles. The Kier molecular flexibility index (Phi) is 2.72. The maximum absolute atomic E-state index is 10.5. The summed E-state index contributed by atoms with van der Waals surface area (Å²) >= 11 is 5.71. The fourth-order valence-electron chi connectivity index (χ4n) is 0.998. The van der Waals surface area contributed by atoms with Crippen LogP contribution in [0.5, 0.6) is 5.75 Å². The van der Waals surface area contributed by atoms with Gasteiger partial charge in [0.25, 0.3) is 5.69 Å². The third kappa shape index (κ3) is 1.89. The third-order valence-electron chi connectivity index (χ3n) is 1.58. The van der Waals surface area contributed by atoms with Crippen LogP contribution in [0.15, 0.2) is 12.1 Å².